The maximum atomic E-state index is 10.3. The van der Waals surface area contributed by atoms with Gasteiger partial charge in [-0.25, -0.2) is 0 Å². The van der Waals surface area contributed by atoms with Crippen LogP contribution < -0.4 is 29.6 Å². The molecule has 0 aromatic carbocycles. The molecule has 0 saturated carbocycles. The van der Waals surface area contributed by atoms with Gasteiger partial charge in [-0.05, 0) is 0 Å². The van der Waals surface area contributed by atoms with E-state index in [1.165, 1.54) is 0 Å². The maximum absolute atomic E-state index is 10.3. The molecule has 0 bridgehead atoms. The van der Waals surface area contributed by atoms with Crippen molar-refractivity contribution in [3.8, 4) is 0 Å². The molecule has 54 valence electrons. The van der Waals surface area contributed by atoms with Gasteiger partial charge in [-0.3, -0.25) is 4.79 Å². The van der Waals surface area contributed by atoms with Gasteiger partial charge in [0, 0.05) is 0 Å². The van der Waals surface area contributed by atoms with Gasteiger partial charge in [-0.2, -0.15) is 8.42 Å². The third kappa shape index (κ3) is 6.28. The first-order valence-corrected chi connectivity index (χ1v) is 3.65. The van der Waals surface area contributed by atoms with E-state index in [1.54, 1.807) is 0 Å². The molecule has 0 saturated heterocycles. The van der Waals surface area contributed by atoms with Crippen LogP contribution in [0.4, 0.5) is 0 Å². The normalized spacial score (nSPS) is 9.20. The van der Waals surface area contributed by atoms with Crippen molar-refractivity contribution >= 4 is 16.6 Å². The molecule has 0 rings (SSSR count). The van der Waals surface area contributed by atoms with Crippen molar-refractivity contribution in [3.05, 3.63) is 12.7 Å². The number of hydrogen-bond acceptors (Lipinski definition) is 4. The molecule has 0 radical (unpaired) electrons. The quantitative estimate of drug-likeness (QED) is 0.195. The summed E-state index contributed by atoms with van der Waals surface area (Å²) in [6.45, 7) is 3.03. The predicted molar refractivity (Wildman–Crippen MR) is 32.2 cm³/mol. The van der Waals surface area contributed by atoms with Gasteiger partial charge in [-0.1, -0.05) is 6.08 Å². The van der Waals surface area contributed by atoms with Crippen LogP contribution in [0.2, 0.25) is 0 Å². The molecule has 0 aromatic heterocycles. The summed E-state index contributed by atoms with van der Waals surface area (Å²) in [5.41, 5.74) is 0. The molecule has 0 atom stereocenters. The van der Waals surface area contributed by atoms with Crippen LogP contribution in [0, 0.1) is 0 Å². The largest absolute Gasteiger partial charge is 1.00 e. The van der Waals surface area contributed by atoms with Crippen molar-refractivity contribution in [2.24, 2.45) is 0 Å². The molecule has 4 nitrogen and oxygen atoms in total. The molecule has 0 aliphatic heterocycles. The first-order valence-electron chi connectivity index (χ1n) is 2.08. The first kappa shape index (κ1) is 12.8. The van der Waals surface area contributed by atoms with Crippen LogP contribution in [0.15, 0.2) is 12.7 Å². The average Bonchev–Trinajstić information content (AvgIpc) is 1.64. The van der Waals surface area contributed by atoms with Crippen LogP contribution in [0.3, 0.4) is 0 Å². The van der Waals surface area contributed by atoms with Gasteiger partial charge in [0.15, 0.2) is 0 Å². The van der Waals surface area contributed by atoms with E-state index in [1.807, 2.05) is 0 Å². The summed E-state index contributed by atoms with van der Waals surface area (Å²) in [6.07, 6.45) is 1.14. The monoisotopic (exact) mass is 174 g/mol. The van der Waals surface area contributed by atoms with Gasteiger partial charge in [0.2, 0.25) is 0 Å². The second-order valence-electron chi connectivity index (χ2n) is 1.21. The van der Waals surface area contributed by atoms with Gasteiger partial charge in [-0.15, -0.1) is 6.58 Å². The molecule has 0 unspecified atom stereocenters. The Bertz CT molecular complexity index is 184. The fraction of sp³-hybridized carbons (Fsp3) is 0.250. The van der Waals surface area contributed by atoms with E-state index < -0.39 is 10.1 Å². The van der Waals surface area contributed by atoms with E-state index in [-0.39, 0.29) is 43.2 Å². The van der Waals surface area contributed by atoms with E-state index in [0.29, 0.717) is 0 Å². The number of carbonyl (C=O) groups is 1. The smallest absolute Gasteiger partial charge is 1.00 e. The number of hydrogen-bond donors (Lipinski definition) is 0. The standard InChI is InChI=1S/C4H6O4S.Na.H/c1-2-3-9(6,7)8-4-5;;/h2,4H,1,3H2;;/q;+1;-1. The molecule has 6 heteroatoms. The van der Waals surface area contributed by atoms with Gasteiger partial charge < -0.3 is 5.61 Å². The van der Waals surface area contributed by atoms with Gasteiger partial charge >= 0.3 is 46.1 Å². The molecule has 0 amide bonds. The van der Waals surface area contributed by atoms with Gasteiger partial charge in [0.25, 0.3) is 0 Å². The zero-order valence-corrected chi connectivity index (χ0v) is 8.43. The van der Waals surface area contributed by atoms with E-state index >= 15 is 0 Å². The fourth-order valence-electron chi connectivity index (χ4n) is 0.243. The van der Waals surface area contributed by atoms with E-state index in [0.717, 1.165) is 6.08 Å². The van der Waals surface area contributed by atoms with Crippen molar-refractivity contribution in [2.45, 2.75) is 0 Å². The molecule has 0 aliphatic carbocycles. The Kier molecular flexibility index (Phi) is 7.56. The Morgan fingerprint density at radius 1 is 1.60 bits per heavy atom. The van der Waals surface area contributed by atoms with Crippen LogP contribution in [0.25, 0.3) is 0 Å². The Balaban J connectivity index is -0.000000320. The van der Waals surface area contributed by atoms with Crippen LogP contribution >= 0.6 is 0 Å². The summed E-state index contributed by atoms with van der Waals surface area (Å²) in [6, 6.07) is 0. The van der Waals surface area contributed by atoms with Gasteiger partial charge in [0.05, 0.1) is 0 Å². The second-order valence-corrected chi connectivity index (χ2v) is 2.85. The van der Waals surface area contributed by atoms with Crippen LogP contribution in [-0.2, 0) is 19.1 Å². The second kappa shape index (κ2) is 5.91. The summed E-state index contributed by atoms with van der Waals surface area (Å²) in [5, 5.41) is 0. The molecule has 0 aliphatic rings. The Labute approximate surface area is 83.2 Å². The van der Waals surface area contributed by atoms with Crippen LogP contribution in [0.5, 0.6) is 0 Å². The fourth-order valence-corrected chi connectivity index (χ4v) is 0.730. The van der Waals surface area contributed by atoms with E-state index in [4.69, 9.17) is 0 Å². The molecule has 0 N–H and O–H groups in total. The van der Waals surface area contributed by atoms with Crippen molar-refractivity contribution < 1.29 is 48.4 Å². The summed E-state index contributed by atoms with van der Waals surface area (Å²) < 4.78 is 24.3. The van der Waals surface area contributed by atoms with E-state index in [9.17, 15) is 13.2 Å². The predicted octanol–water partition coefficient (Wildman–Crippen LogP) is -3.21. The minimum absolute atomic E-state index is 0. The SMILES string of the molecule is C=CCS(=O)(=O)OC=O.[H-].[Na+]. The Hall–Kier alpha value is 0.160. The van der Waals surface area contributed by atoms with Crippen molar-refractivity contribution in [3.63, 3.8) is 0 Å². The maximum Gasteiger partial charge on any atom is 1.00 e. The Morgan fingerprint density at radius 3 is 2.40 bits per heavy atom. The summed E-state index contributed by atoms with van der Waals surface area (Å²) in [5.74, 6) is -0.342. The molecule has 0 fully saturated rings. The van der Waals surface area contributed by atoms with Gasteiger partial charge in [0.1, 0.15) is 5.75 Å². The molecule has 10 heavy (non-hydrogen) atoms. The van der Waals surface area contributed by atoms with Crippen molar-refractivity contribution in [1.82, 2.24) is 0 Å². The zero-order chi connectivity index (χ0) is 7.33. The van der Waals surface area contributed by atoms with Crippen molar-refractivity contribution in [2.75, 3.05) is 5.75 Å². The number of rotatable bonds is 4. The molecule has 0 heterocycles. The average molecular weight is 174 g/mol. The topological polar surface area (TPSA) is 60.4 Å². The Morgan fingerprint density at radius 2 is 2.10 bits per heavy atom. The molecular weight excluding hydrogens is 167 g/mol. The molecule has 0 spiro atoms. The minimum Gasteiger partial charge on any atom is -1.00 e. The summed E-state index contributed by atoms with van der Waals surface area (Å²) in [7, 11) is -3.67. The van der Waals surface area contributed by atoms with Crippen LogP contribution in [-0.4, -0.2) is 20.6 Å². The first-order chi connectivity index (χ1) is 4.12. The number of carbonyl (C=O) groups excluding carboxylic acids is 1. The third-order valence-electron chi connectivity index (χ3n) is 0.508. The third-order valence-corrected chi connectivity index (χ3v) is 1.52. The summed E-state index contributed by atoms with van der Waals surface area (Å²) in [4.78, 5) is 9.46. The van der Waals surface area contributed by atoms with Crippen molar-refractivity contribution in [1.29, 1.82) is 0 Å². The molecular formula is C4H7NaO4S. The van der Waals surface area contributed by atoms with E-state index in [2.05, 4.69) is 10.8 Å². The molecule has 0 aromatic rings. The summed E-state index contributed by atoms with van der Waals surface area (Å²) >= 11 is 0. The minimum atomic E-state index is -3.67. The zero-order valence-electron chi connectivity index (χ0n) is 6.61. The van der Waals surface area contributed by atoms with Crippen LogP contribution in [0.1, 0.15) is 1.43 Å².